The second-order valence-corrected chi connectivity index (χ2v) is 27.2. The molecule has 41 heavy (non-hydrogen) atoms. The van der Waals surface area contributed by atoms with E-state index in [2.05, 4.69) is 52.4 Å². The van der Waals surface area contributed by atoms with Crippen LogP contribution in [-0.4, -0.2) is 68.2 Å². The van der Waals surface area contributed by atoms with Gasteiger partial charge in [-0.3, -0.25) is 9.59 Å². The number of rotatable bonds is 17. The zero-order valence-electron chi connectivity index (χ0n) is 23.8. The van der Waals surface area contributed by atoms with Crippen molar-refractivity contribution < 1.29 is 51.3 Å². The minimum absolute atomic E-state index is 0. The van der Waals surface area contributed by atoms with Crippen LogP contribution in [0.4, 0.5) is 0 Å². The van der Waals surface area contributed by atoms with Gasteiger partial charge in [-0.05, 0) is 77.3 Å². The average molecular weight is 663 g/mol. The summed E-state index contributed by atoms with van der Waals surface area (Å²) >= 11 is 0. The predicted molar refractivity (Wildman–Crippen MR) is 172 cm³/mol. The van der Waals surface area contributed by atoms with Gasteiger partial charge in [-0.15, -0.1) is 0 Å². The van der Waals surface area contributed by atoms with E-state index >= 15 is 0 Å². The Morgan fingerprint density at radius 2 is 1.12 bits per heavy atom. The van der Waals surface area contributed by atoms with Crippen LogP contribution >= 0.6 is 0 Å². The number of carboxylic acid groups (broad SMARTS) is 2. The van der Waals surface area contributed by atoms with Gasteiger partial charge >= 0.3 is 41.4 Å². The highest BCUT2D eigenvalue weighted by Gasteiger charge is 2.45. The molecule has 0 aromatic carbocycles. The Kier molecular flexibility index (Phi) is 36.9. The fourth-order valence-corrected chi connectivity index (χ4v) is 22.9. The third-order valence-corrected chi connectivity index (χ3v) is 19.7. The van der Waals surface area contributed by atoms with Crippen molar-refractivity contribution in [1.29, 1.82) is 0 Å². The number of hydrogen-bond acceptors (Lipinski definition) is 9. The van der Waals surface area contributed by atoms with Gasteiger partial charge in [0.25, 0.3) is 0 Å². The Morgan fingerprint density at radius 3 is 1.49 bits per heavy atom. The molecule has 0 aliphatic carbocycles. The molecule has 0 aromatic rings. The molecule has 0 spiro atoms. The fraction of sp³-hybridized carbons (Fsp3) is 0.846. The second kappa shape index (κ2) is 27.3. The topological polar surface area (TPSA) is 171 Å². The molecule has 0 aliphatic heterocycles. The normalized spacial score (nSPS) is 12.5. The second-order valence-electron chi connectivity index (χ2n) is 11.0. The molecule has 2 atom stereocenters. The van der Waals surface area contributed by atoms with E-state index in [1.54, 1.807) is 6.92 Å². The van der Waals surface area contributed by atoms with E-state index in [1.807, 2.05) is 0 Å². The first-order valence-corrected chi connectivity index (χ1v) is 24.1. The Labute approximate surface area is 254 Å². The highest BCUT2D eigenvalue weighted by molar-refractivity contribution is 6.89. The van der Waals surface area contributed by atoms with Gasteiger partial charge in [0, 0.05) is 6.42 Å². The molecular weight excluding hydrogens is 601 g/mol. The van der Waals surface area contributed by atoms with Gasteiger partial charge in [-0.1, -0.05) is 55.9 Å². The maximum atomic E-state index is 11.1. The molecule has 11 nitrogen and oxygen atoms in total. The van der Waals surface area contributed by atoms with Gasteiger partial charge in [0.1, 0.15) is 0 Å². The Hall–Kier alpha value is -1.55. The molecule has 0 fully saturated rings. The van der Waals surface area contributed by atoms with Crippen LogP contribution in [0.15, 0.2) is 0 Å². The average Bonchev–Trinajstić information content (AvgIpc) is 2.65. The first-order valence-electron chi connectivity index (χ1n) is 12.2. The van der Waals surface area contributed by atoms with Crippen LogP contribution in [0.25, 0.3) is 0 Å². The van der Waals surface area contributed by atoms with Gasteiger partial charge in [0.05, 0.1) is 5.92 Å². The molecule has 15 heteroatoms. The first-order chi connectivity index (χ1) is 16.7. The van der Waals surface area contributed by atoms with E-state index in [0.29, 0.717) is 12.8 Å². The summed E-state index contributed by atoms with van der Waals surface area (Å²) in [5, 5.41) is 18.0. The van der Waals surface area contributed by atoms with Gasteiger partial charge < -0.3 is 22.6 Å². The first kappa shape index (κ1) is 55.4. The number of carbonyl (C=O) groups is 2. The van der Waals surface area contributed by atoms with Crippen LogP contribution < -0.4 is 0 Å². The lowest BCUT2D eigenvalue weighted by Crippen LogP contribution is -2.57. The summed E-state index contributed by atoms with van der Waals surface area (Å²) in [7, 11) is -8.73. The summed E-state index contributed by atoms with van der Waals surface area (Å²) in [6.45, 7) is 18.9. The largest absolute Gasteiger partial charge is 0.481 e. The zero-order chi connectivity index (χ0) is 29.9. The van der Waals surface area contributed by atoms with Crippen LogP contribution in [0.1, 0.15) is 75.2 Å². The lowest BCUT2D eigenvalue weighted by Gasteiger charge is -2.42. The van der Waals surface area contributed by atoms with Crippen LogP contribution in [0.5, 0.6) is 0 Å². The molecular formula is C26H62O11Si4. The van der Waals surface area contributed by atoms with Crippen molar-refractivity contribution in [1.82, 2.24) is 0 Å². The molecule has 248 valence electrons. The molecule has 2 N–H and O–H groups in total. The monoisotopic (exact) mass is 662 g/mol. The van der Waals surface area contributed by atoms with E-state index in [-0.39, 0.29) is 54.3 Å². The van der Waals surface area contributed by atoms with Crippen LogP contribution in [0.3, 0.4) is 0 Å². The smallest absolute Gasteiger partial charge is 0.373 e. The lowest BCUT2D eigenvalue weighted by atomic mass is 10.1. The van der Waals surface area contributed by atoms with Gasteiger partial charge in [-0.2, -0.15) is 19.2 Å². The van der Waals surface area contributed by atoms with Crippen LogP contribution in [0, 0.1) is 5.92 Å². The van der Waals surface area contributed by atoms with Crippen molar-refractivity contribution in [2.24, 2.45) is 5.92 Å². The Morgan fingerprint density at radius 1 is 0.683 bits per heavy atom. The van der Waals surface area contributed by atoms with E-state index in [1.165, 1.54) is 0 Å². The van der Waals surface area contributed by atoms with E-state index in [9.17, 15) is 9.59 Å². The Balaban J connectivity index is -0.000000211. The minimum Gasteiger partial charge on any atom is -0.481 e. The molecule has 0 rings (SSSR count). The molecule has 2 unspecified atom stereocenters. The van der Waals surface area contributed by atoms with Crippen molar-refractivity contribution in [2.45, 2.75) is 140 Å². The summed E-state index contributed by atoms with van der Waals surface area (Å²) < 4.78 is 19.9. The number of unbranched alkanes of at least 4 members (excludes halogenated alkanes) is 2. The summed E-state index contributed by atoms with van der Waals surface area (Å²) in [5.41, 5.74) is 0. The van der Waals surface area contributed by atoms with Crippen molar-refractivity contribution in [3.63, 3.8) is 0 Å². The van der Waals surface area contributed by atoms with E-state index in [4.69, 9.17) is 41.7 Å². The molecule has 0 amide bonds. The lowest BCUT2D eigenvalue weighted by molar-refractivity contribution is -0.193. The molecule has 0 saturated heterocycles. The Bertz CT molecular complexity index is 732. The summed E-state index contributed by atoms with van der Waals surface area (Å²) in [4.78, 5) is 54.4. The highest BCUT2D eigenvalue weighted by atomic mass is 28.5. The van der Waals surface area contributed by atoms with Crippen LogP contribution in [0.2, 0.25) is 64.5 Å². The van der Waals surface area contributed by atoms with E-state index < -0.39 is 45.7 Å². The minimum atomic E-state index is -2.54. The SMILES string of the molecule is C.C.C.C.CC(CCC[Si](C)(C)O[Si](C)(CCCCCC(=O)O)O[Si](C)(C)O[Si](C)(C)C)C(=O)O.O=C=O.O=C=O. The third-order valence-electron chi connectivity index (χ3n) is 4.86. The van der Waals surface area contributed by atoms with Gasteiger partial charge in [0.15, 0.2) is 16.6 Å². The molecule has 0 radical (unpaired) electrons. The highest BCUT2D eigenvalue weighted by Crippen LogP contribution is 2.30. The molecule has 0 bridgehead atoms. The number of hydrogen-bond donors (Lipinski definition) is 2. The standard InChI is InChI=1S/C20H46O7Si4.2CO2.4CH4/c1-18(20(23)24)14-13-16-29(5,6)26-31(9,17-12-10-11-15-19(21)22)27-30(7,8)25-28(2,3)4;2*2-1-3;;;;/h18H,10-17H2,1-9H3,(H,21,22)(H,23,24);;;4*1H4. The number of aliphatic carboxylic acids is 2. The van der Waals surface area contributed by atoms with Gasteiger partial charge in [-0.25, -0.2) is 0 Å². The molecule has 0 heterocycles. The number of carbonyl (C=O) groups excluding carboxylic acids is 4. The molecule has 0 aliphatic rings. The van der Waals surface area contributed by atoms with Gasteiger partial charge in [0.2, 0.25) is 0 Å². The van der Waals surface area contributed by atoms with E-state index in [0.717, 1.165) is 31.4 Å². The van der Waals surface area contributed by atoms with Crippen molar-refractivity contribution in [3.05, 3.63) is 0 Å². The quantitative estimate of drug-likeness (QED) is 0.118. The van der Waals surface area contributed by atoms with Crippen molar-refractivity contribution in [3.8, 4) is 0 Å². The van der Waals surface area contributed by atoms with Crippen molar-refractivity contribution >= 4 is 58.0 Å². The van der Waals surface area contributed by atoms with Crippen LogP contribution in [-0.2, 0) is 41.1 Å². The summed E-state index contributed by atoms with van der Waals surface area (Å²) in [6.07, 6.45) is 4.58. The molecule has 0 aromatic heterocycles. The predicted octanol–water partition coefficient (Wildman–Crippen LogP) is 7.37. The fourth-order valence-electron chi connectivity index (χ4n) is 3.89. The molecule has 0 saturated carbocycles. The zero-order valence-corrected chi connectivity index (χ0v) is 27.8. The maximum Gasteiger partial charge on any atom is 0.373 e. The van der Waals surface area contributed by atoms with Crippen molar-refractivity contribution in [2.75, 3.05) is 0 Å². The third kappa shape index (κ3) is 38.4. The maximum absolute atomic E-state index is 11.1. The summed E-state index contributed by atoms with van der Waals surface area (Å²) in [6, 6.07) is 1.71. The summed E-state index contributed by atoms with van der Waals surface area (Å²) in [5.74, 6) is -1.84. The number of carboxylic acids is 2.